The third kappa shape index (κ3) is 6.73. The Hall–Kier alpha value is -2.08. The minimum absolute atomic E-state index is 0.150. The highest BCUT2D eigenvalue weighted by atomic mass is 16.1. The molecule has 0 radical (unpaired) electrons. The zero-order chi connectivity index (χ0) is 21.2. The number of aliphatic imine (C=N–C) groups is 1. The Bertz CT molecular complexity index is 689. The van der Waals surface area contributed by atoms with Gasteiger partial charge in [0.05, 0.1) is 0 Å². The summed E-state index contributed by atoms with van der Waals surface area (Å²) in [4.78, 5) is 21.1. The molecule has 0 unspecified atom stereocenters. The molecule has 3 rings (SSSR count). The molecule has 2 N–H and O–H groups in total. The fourth-order valence-corrected chi connectivity index (χ4v) is 4.64. The van der Waals surface area contributed by atoms with Gasteiger partial charge in [0, 0.05) is 46.7 Å². The van der Waals surface area contributed by atoms with Gasteiger partial charge in [-0.1, -0.05) is 37.1 Å². The summed E-state index contributed by atoms with van der Waals surface area (Å²) in [6.07, 6.45) is 8.11. The van der Waals surface area contributed by atoms with Gasteiger partial charge in [-0.25, -0.2) is 0 Å². The number of hydrogen-bond acceptors (Lipinski definition) is 3. The normalized spacial score (nSPS) is 19.4. The second kappa shape index (κ2) is 11.9. The second-order valence-corrected chi connectivity index (χ2v) is 8.67. The number of likely N-dealkylation sites (tertiary alicyclic amines) is 2. The van der Waals surface area contributed by atoms with Gasteiger partial charge in [-0.05, 0) is 55.8 Å². The van der Waals surface area contributed by atoms with E-state index in [2.05, 4.69) is 49.7 Å². The van der Waals surface area contributed by atoms with Gasteiger partial charge >= 0.3 is 0 Å². The lowest BCUT2D eigenvalue weighted by Gasteiger charge is -2.34. The average molecular weight is 414 g/mol. The molecule has 0 spiro atoms. The Morgan fingerprint density at radius 2 is 1.70 bits per heavy atom. The number of nitrogens with zero attached hydrogens (tertiary/aromatic N) is 3. The minimum atomic E-state index is 0.150. The van der Waals surface area contributed by atoms with Crippen molar-refractivity contribution in [3.05, 3.63) is 35.4 Å². The van der Waals surface area contributed by atoms with Crippen LogP contribution >= 0.6 is 0 Å². The van der Waals surface area contributed by atoms with Gasteiger partial charge < -0.3 is 15.5 Å². The molecule has 1 aromatic rings. The van der Waals surface area contributed by atoms with E-state index in [-0.39, 0.29) is 5.91 Å². The number of carbonyl (C=O) groups is 1. The highest BCUT2D eigenvalue weighted by Crippen LogP contribution is 2.21. The van der Waals surface area contributed by atoms with Crippen LogP contribution in [0.1, 0.15) is 56.1 Å². The Morgan fingerprint density at radius 3 is 2.33 bits per heavy atom. The Balaban J connectivity index is 1.52. The van der Waals surface area contributed by atoms with Crippen molar-refractivity contribution in [1.82, 2.24) is 20.4 Å². The summed E-state index contributed by atoms with van der Waals surface area (Å²) in [5, 5.41) is 6.33. The molecule has 6 nitrogen and oxygen atoms in total. The standard InChI is InChI=1S/C24H39N5O/c1-25-23(30)17-20-11-15-29(16-12-20)24(26-2)27-18-21-9-5-6-10-22(21)19-28-13-7-3-4-8-14-28/h5-6,9-10,20H,3-4,7-8,11-19H2,1-2H3,(H,25,30)(H,26,27). The summed E-state index contributed by atoms with van der Waals surface area (Å²) in [5.74, 6) is 1.60. The van der Waals surface area contributed by atoms with Gasteiger partial charge in [0.25, 0.3) is 0 Å². The number of guanidine groups is 1. The van der Waals surface area contributed by atoms with Gasteiger partial charge in [0.15, 0.2) is 5.96 Å². The fourth-order valence-electron chi connectivity index (χ4n) is 4.64. The molecule has 0 aliphatic carbocycles. The molecule has 6 heteroatoms. The lowest BCUT2D eigenvalue weighted by molar-refractivity contribution is -0.121. The van der Waals surface area contributed by atoms with Crippen LogP contribution in [0.3, 0.4) is 0 Å². The first-order valence-corrected chi connectivity index (χ1v) is 11.6. The van der Waals surface area contributed by atoms with E-state index < -0.39 is 0 Å². The molecular weight excluding hydrogens is 374 g/mol. The van der Waals surface area contributed by atoms with E-state index in [1.54, 1.807) is 7.05 Å². The van der Waals surface area contributed by atoms with Crippen LogP contribution in [0.2, 0.25) is 0 Å². The number of benzene rings is 1. The molecule has 2 aliphatic rings. The van der Waals surface area contributed by atoms with E-state index in [0.717, 1.165) is 45.0 Å². The third-order valence-corrected chi connectivity index (χ3v) is 6.53. The summed E-state index contributed by atoms with van der Waals surface area (Å²) in [6, 6.07) is 8.80. The summed E-state index contributed by atoms with van der Waals surface area (Å²) < 4.78 is 0. The van der Waals surface area contributed by atoms with Crippen molar-refractivity contribution in [3.8, 4) is 0 Å². The number of rotatable bonds is 6. The molecule has 0 aromatic heterocycles. The molecule has 2 saturated heterocycles. The Morgan fingerprint density at radius 1 is 1.03 bits per heavy atom. The van der Waals surface area contributed by atoms with Crippen molar-refractivity contribution in [2.45, 2.75) is 58.0 Å². The molecule has 0 atom stereocenters. The number of hydrogen-bond donors (Lipinski definition) is 2. The lowest BCUT2D eigenvalue weighted by atomic mass is 9.93. The van der Waals surface area contributed by atoms with Crippen LogP contribution in [-0.2, 0) is 17.9 Å². The molecule has 1 aromatic carbocycles. The molecule has 166 valence electrons. The van der Waals surface area contributed by atoms with Crippen molar-refractivity contribution in [2.75, 3.05) is 40.3 Å². The molecule has 1 amide bonds. The second-order valence-electron chi connectivity index (χ2n) is 8.67. The van der Waals surface area contributed by atoms with Crippen molar-refractivity contribution < 1.29 is 4.79 Å². The van der Waals surface area contributed by atoms with Crippen molar-refractivity contribution in [2.24, 2.45) is 10.9 Å². The average Bonchev–Trinajstić information content (AvgIpc) is 3.05. The van der Waals surface area contributed by atoms with Gasteiger partial charge in [0.1, 0.15) is 0 Å². The Kier molecular flexibility index (Phi) is 9.00. The topological polar surface area (TPSA) is 60.0 Å². The van der Waals surface area contributed by atoms with Gasteiger partial charge in [-0.2, -0.15) is 0 Å². The molecule has 2 aliphatic heterocycles. The van der Waals surface area contributed by atoms with E-state index in [9.17, 15) is 4.79 Å². The monoisotopic (exact) mass is 413 g/mol. The third-order valence-electron chi connectivity index (χ3n) is 6.53. The highest BCUT2D eigenvalue weighted by Gasteiger charge is 2.23. The fraction of sp³-hybridized carbons (Fsp3) is 0.667. The first-order chi connectivity index (χ1) is 14.7. The van der Waals surface area contributed by atoms with Crippen LogP contribution in [0, 0.1) is 5.92 Å². The number of amides is 1. The summed E-state index contributed by atoms with van der Waals surface area (Å²) in [5.41, 5.74) is 2.78. The first kappa shape index (κ1) is 22.6. The maximum atomic E-state index is 11.6. The molecule has 2 heterocycles. The summed E-state index contributed by atoms with van der Waals surface area (Å²) >= 11 is 0. The summed E-state index contributed by atoms with van der Waals surface area (Å²) in [6.45, 7) is 6.19. The predicted molar refractivity (Wildman–Crippen MR) is 123 cm³/mol. The summed E-state index contributed by atoms with van der Waals surface area (Å²) in [7, 11) is 3.58. The van der Waals surface area contributed by atoms with Crippen LogP contribution < -0.4 is 10.6 Å². The van der Waals surface area contributed by atoms with E-state index in [1.165, 1.54) is 49.9 Å². The van der Waals surface area contributed by atoms with Crippen LogP contribution in [0.5, 0.6) is 0 Å². The van der Waals surface area contributed by atoms with Crippen molar-refractivity contribution >= 4 is 11.9 Å². The smallest absolute Gasteiger partial charge is 0.220 e. The van der Waals surface area contributed by atoms with E-state index in [1.807, 2.05) is 7.05 Å². The largest absolute Gasteiger partial charge is 0.359 e. The van der Waals surface area contributed by atoms with Crippen LogP contribution in [0.4, 0.5) is 0 Å². The zero-order valence-electron chi connectivity index (χ0n) is 18.8. The molecule has 0 bridgehead atoms. The van der Waals surface area contributed by atoms with Crippen LogP contribution in [0.25, 0.3) is 0 Å². The van der Waals surface area contributed by atoms with E-state index in [0.29, 0.717) is 12.3 Å². The number of carbonyl (C=O) groups excluding carboxylic acids is 1. The molecule has 2 fully saturated rings. The Labute approximate surface area is 182 Å². The predicted octanol–water partition coefficient (Wildman–Crippen LogP) is 2.99. The lowest BCUT2D eigenvalue weighted by Crippen LogP contribution is -2.45. The molecular formula is C24H39N5O. The van der Waals surface area contributed by atoms with Gasteiger partial charge in [-0.3, -0.25) is 14.7 Å². The minimum Gasteiger partial charge on any atom is -0.359 e. The molecule has 0 saturated carbocycles. The van der Waals surface area contributed by atoms with E-state index >= 15 is 0 Å². The molecule has 30 heavy (non-hydrogen) atoms. The SMILES string of the molecule is CN=C(NCc1ccccc1CN1CCCCCC1)N1CCC(CC(=O)NC)CC1. The quantitative estimate of drug-likeness (QED) is 0.556. The van der Waals surface area contributed by atoms with Crippen LogP contribution in [0.15, 0.2) is 29.3 Å². The maximum Gasteiger partial charge on any atom is 0.220 e. The van der Waals surface area contributed by atoms with Crippen LogP contribution in [-0.4, -0.2) is 61.9 Å². The van der Waals surface area contributed by atoms with Crippen molar-refractivity contribution in [3.63, 3.8) is 0 Å². The van der Waals surface area contributed by atoms with Crippen molar-refractivity contribution in [1.29, 1.82) is 0 Å². The number of piperidine rings is 1. The maximum absolute atomic E-state index is 11.6. The number of nitrogens with one attached hydrogen (secondary N) is 2. The highest BCUT2D eigenvalue weighted by molar-refractivity contribution is 5.80. The van der Waals surface area contributed by atoms with Gasteiger partial charge in [-0.15, -0.1) is 0 Å². The van der Waals surface area contributed by atoms with Gasteiger partial charge in [0.2, 0.25) is 5.91 Å². The zero-order valence-corrected chi connectivity index (χ0v) is 18.8. The first-order valence-electron chi connectivity index (χ1n) is 11.6. The van der Waals surface area contributed by atoms with E-state index in [4.69, 9.17) is 0 Å².